The largest absolute Gasteiger partial charge is 0.489 e. The average Bonchev–Trinajstić information content (AvgIpc) is 3.03. The Balaban J connectivity index is 1.46. The van der Waals surface area contributed by atoms with Crippen LogP contribution >= 0.6 is 0 Å². The summed E-state index contributed by atoms with van der Waals surface area (Å²) in [6.45, 7) is 6.64. The maximum atomic E-state index is 6.09. The zero-order valence-electron chi connectivity index (χ0n) is 15.4. The Morgan fingerprint density at radius 2 is 1.88 bits per heavy atom. The second-order valence-electron chi connectivity index (χ2n) is 7.89. The van der Waals surface area contributed by atoms with Crippen molar-refractivity contribution >= 4 is 10.9 Å². The van der Waals surface area contributed by atoms with Crippen molar-refractivity contribution in [3.05, 3.63) is 65.4 Å². The number of ether oxygens (including phenoxy) is 1. The SMILES string of the molecule is Cc1[nH]c2ccc(OCc3ccccc3)cc2c1C1CN2CCC1CC2. The van der Waals surface area contributed by atoms with Crippen LogP contribution < -0.4 is 4.74 Å². The molecule has 3 aliphatic heterocycles. The molecule has 1 aromatic heterocycles. The lowest BCUT2D eigenvalue weighted by Gasteiger charge is -2.45. The molecule has 4 heterocycles. The van der Waals surface area contributed by atoms with Gasteiger partial charge in [-0.05, 0) is 68.1 Å². The monoisotopic (exact) mass is 346 g/mol. The lowest BCUT2D eigenvalue weighted by molar-refractivity contribution is 0.0874. The van der Waals surface area contributed by atoms with Crippen LogP contribution in [-0.2, 0) is 6.61 Å². The van der Waals surface area contributed by atoms with E-state index in [1.807, 2.05) is 6.07 Å². The minimum Gasteiger partial charge on any atom is -0.489 e. The second kappa shape index (κ2) is 6.48. The Hall–Kier alpha value is -2.26. The minimum absolute atomic E-state index is 0.616. The van der Waals surface area contributed by atoms with Crippen LogP contribution in [0.25, 0.3) is 10.9 Å². The number of fused-ring (bicyclic) bond motifs is 4. The Morgan fingerprint density at radius 1 is 1.08 bits per heavy atom. The molecule has 3 aliphatic rings. The van der Waals surface area contributed by atoms with E-state index >= 15 is 0 Å². The molecule has 0 radical (unpaired) electrons. The third-order valence-electron chi connectivity index (χ3n) is 6.28. The first-order chi connectivity index (χ1) is 12.8. The summed E-state index contributed by atoms with van der Waals surface area (Å²) in [4.78, 5) is 6.25. The molecule has 1 unspecified atom stereocenters. The van der Waals surface area contributed by atoms with Crippen molar-refractivity contribution in [3.63, 3.8) is 0 Å². The predicted octanol–water partition coefficient (Wildman–Crippen LogP) is 4.86. The lowest BCUT2D eigenvalue weighted by atomic mass is 9.75. The highest BCUT2D eigenvalue weighted by molar-refractivity contribution is 5.86. The molecule has 3 nitrogen and oxygen atoms in total. The van der Waals surface area contributed by atoms with Crippen LogP contribution in [-0.4, -0.2) is 29.5 Å². The zero-order valence-corrected chi connectivity index (χ0v) is 15.4. The van der Waals surface area contributed by atoms with Gasteiger partial charge in [0.25, 0.3) is 0 Å². The highest BCUT2D eigenvalue weighted by Gasteiger charge is 2.36. The van der Waals surface area contributed by atoms with Gasteiger partial charge in [-0.15, -0.1) is 0 Å². The van der Waals surface area contributed by atoms with Gasteiger partial charge in [0.15, 0.2) is 0 Å². The van der Waals surface area contributed by atoms with Gasteiger partial charge >= 0.3 is 0 Å². The standard InChI is InChI=1S/C23H26N2O/c1-16-23(21-14-25-11-9-18(21)10-12-25)20-13-19(7-8-22(20)24-16)26-15-17-5-3-2-4-6-17/h2-8,13,18,21,24H,9-12,14-15H2,1H3. The van der Waals surface area contributed by atoms with E-state index in [1.54, 1.807) is 0 Å². The molecule has 3 heteroatoms. The molecule has 3 aromatic rings. The Bertz CT molecular complexity index is 907. The number of aromatic amines is 1. The molecule has 2 bridgehead atoms. The van der Waals surface area contributed by atoms with Crippen LogP contribution in [0.3, 0.4) is 0 Å². The Labute approximate surface area is 155 Å². The normalized spacial score (nSPS) is 24.9. The van der Waals surface area contributed by atoms with E-state index in [9.17, 15) is 0 Å². The number of aromatic nitrogens is 1. The lowest BCUT2D eigenvalue weighted by Crippen LogP contribution is -2.46. The number of nitrogens with one attached hydrogen (secondary N) is 1. The summed E-state index contributed by atoms with van der Waals surface area (Å²) in [5, 5.41) is 1.35. The Morgan fingerprint density at radius 3 is 2.62 bits per heavy atom. The first kappa shape index (κ1) is 16.0. The molecular weight excluding hydrogens is 320 g/mol. The molecule has 3 saturated heterocycles. The predicted molar refractivity (Wildman–Crippen MR) is 106 cm³/mol. The third kappa shape index (κ3) is 2.80. The van der Waals surface area contributed by atoms with Gasteiger partial charge in [0.05, 0.1) is 0 Å². The smallest absolute Gasteiger partial charge is 0.120 e. The summed E-state index contributed by atoms with van der Waals surface area (Å²) in [5.74, 6) is 2.46. The molecule has 6 rings (SSSR count). The van der Waals surface area contributed by atoms with Gasteiger partial charge in [-0.1, -0.05) is 30.3 Å². The number of hydrogen-bond acceptors (Lipinski definition) is 2. The van der Waals surface area contributed by atoms with Gasteiger partial charge < -0.3 is 14.6 Å². The number of rotatable bonds is 4. The molecular formula is C23H26N2O. The van der Waals surface area contributed by atoms with E-state index in [2.05, 4.69) is 59.3 Å². The van der Waals surface area contributed by atoms with Crippen molar-refractivity contribution in [2.75, 3.05) is 19.6 Å². The maximum absolute atomic E-state index is 6.09. The van der Waals surface area contributed by atoms with E-state index in [0.29, 0.717) is 12.5 Å². The Kier molecular flexibility index (Phi) is 3.97. The van der Waals surface area contributed by atoms with Crippen LogP contribution in [0.1, 0.15) is 35.6 Å². The van der Waals surface area contributed by atoms with E-state index in [-0.39, 0.29) is 0 Å². The van der Waals surface area contributed by atoms with Crippen LogP contribution in [0.2, 0.25) is 0 Å². The summed E-state index contributed by atoms with van der Waals surface area (Å²) in [5.41, 5.74) is 5.30. The molecule has 0 amide bonds. The zero-order chi connectivity index (χ0) is 17.5. The fourth-order valence-corrected chi connectivity index (χ4v) is 4.93. The quantitative estimate of drug-likeness (QED) is 0.730. The van der Waals surface area contributed by atoms with Crippen molar-refractivity contribution in [2.24, 2.45) is 5.92 Å². The maximum Gasteiger partial charge on any atom is 0.120 e. The van der Waals surface area contributed by atoms with Gasteiger partial charge in [0, 0.05) is 29.1 Å². The van der Waals surface area contributed by atoms with Crippen molar-refractivity contribution in [2.45, 2.75) is 32.3 Å². The third-order valence-corrected chi connectivity index (χ3v) is 6.28. The summed E-state index contributed by atoms with van der Waals surface area (Å²) < 4.78 is 6.09. The first-order valence-electron chi connectivity index (χ1n) is 9.79. The number of hydrogen-bond donors (Lipinski definition) is 1. The van der Waals surface area contributed by atoms with E-state index in [4.69, 9.17) is 4.74 Å². The van der Waals surface area contributed by atoms with Crippen LogP contribution in [0.5, 0.6) is 5.75 Å². The van der Waals surface area contributed by atoms with Crippen LogP contribution in [0.4, 0.5) is 0 Å². The molecule has 1 atom stereocenters. The highest BCUT2D eigenvalue weighted by atomic mass is 16.5. The minimum atomic E-state index is 0.616. The summed E-state index contributed by atoms with van der Waals surface area (Å²) >= 11 is 0. The van der Waals surface area contributed by atoms with Crippen molar-refractivity contribution in [1.29, 1.82) is 0 Å². The number of nitrogens with zero attached hydrogens (tertiary/aromatic N) is 1. The topological polar surface area (TPSA) is 28.3 Å². The highest BCUT2D eigenvalue weighted by Crippen LogP contribution is 2.43. The molecule has 0 aliphatic carbocycles. The van der Waals surface area contributed by atoms with Crippen LogP contribution in [0.15, 0.2) is 48.5 Å². The molecule has 0 spiro atoms. The molecule has 1 N–H and O–H groups in total. The van der Waals surface area contributed by atoms with Crippen molar-refractivity contribution < 1.29 is 4.74 Å². The number of benzene rings is 2. The molecule has 2 aromatic carbocycles. The van der Waals surface area contributed by atoms with Crippen molar-refractivity contribution in [1.82, 2.24) is 9.88 Å². The fourth-order valence-electron chi connectivity index (χ4n) is 4.93. The number of piperidine rings is 3. The van der Waals surface area contributed by atoms with Gasteiger partial charge in [-0.25, -0.2) is 0 Å². The van der Waals surface area contributed by atoms with Gasteiger partial charge in [-0.3, -0.25) is 0 Å². The van der Waals surface area contributed by atoms with Crippen molar-refractivity contribution in [3.8, 4) is 5.75 Å². The molecule has 134 valence electrons. The van der Waals surface area contributed by atoms with E-state index in [1.165, 1.54) is 60.2 Å². The first-order valence-corrected chi connectivity index (χ1v) is 9.79. The summed E-state index contributed by atoms with van der Waals surface area (Å²) in [7, 11) is 0. The van der Waals surface area contributed by atoms with E-state index in [0.717, 1.165) is 11.7 Å². The molecule has 0 saturated carbocycles. The average molecular weight is 346 g/mol. The summed E-state index contributed by atoms with van der Waals surface area (Å²) in [6, 6.07) is 16.9. The van der Waals surface area contributed by atoms with E-state index < -0.39 is 0 Å². The van der Waals surface area contributed by atoms with Gasteiger partial charge in [-0.2, -0.15) is 0 Å². The van der Waals surface area contributed by atoms with Gasteiger partial charge in [0.2, 0.25) is 0 Å². The number of H-pyrrole nitrogens is 1. The second-order valence-corrected chi connectivity index (χ2v) is 7.89. The molecule has 3 fully saturated rings. The van der Waals surface area contributed by atoms with Crippen LogP contribution in [0, 0.1) is 12.8 Å². The number of aryl methyl sites for hydroxylation is 1. The molecule has 26 heavy (non-hydrogen) atoms. The fraction of sp³-hybridized carbons (Fsp3) is 0.391. The summed E-state index contributed by atoms with van der Waals surface area (Å²) in [6.07, 6.45) is 2.70. The van der Waals surface area contributed by atoms with Gasteiger partial charge in [0.1, 0.15) is 12.4 Å².